The van der Waals surface area contributed by atoms with Crippen LogP contribution in [0.2, 0.25) is 0 Å². The summed E-state index contributed by atoms with van der Waals surface area (Å²) in [6.07, 6.45) is -4.36. The lowest BCUT2D eigenvalue weighted by atomic mass is 9.87. The van der Waals surface area contributed by atoms with Crippen LogP contribution in [0, 0.1) is 0 Å². The van der Waals surface area contributed by atoms with Gasteiger partial charge in [-0.1, -0.05) is 70.2 Å². The monoisotopic (exact) mass is 523 g/mol. The van der Waals surface area contributed by atoms with Gasteiger partial charge in [-0.2, -0.15) is 0 Å². The molecule has 0 atom stereocenters. The molecule has 4 rings (SSSR count). The molecule has 0 aliphatic heterocycles. The van der Waals surface area contributed by atoms with Gasteiger partial charge in [0.15, 0.2) is 0 Å². The maximum Gasteiger partial charge on any atom is 0.573 e. The Balaban J connectivity index is 1.81. The number of aliphatic carboxylic acids is 1. The van der Waals surface area contributed by atoms with E-state index < -0.39 is 18.1 Å². The fourth-order valence-corrected chi connectivity index (χ4v) is 4.64. The number of carbonyl (C=O) groups is 2. The number of carbonyl (C=O) groups excluding carboxylic acids is 1. The van der Waals surface area contributed by atoms with E-state index in [2.05, 4.69) is 37.6 Å². The van der Waals surface area contributed by atoms with Crippen LogP contribution in [0.25, 0.3) is 22.0 Å². The number of carboxylic acid groups (broad SMARTS) is 1. The van der Waals surface area contributed by atoms with E-state index in [1.807, 2.05) is 29.7 Å². The van der Waals surface area contributed by atoms with Gasteiger partial charge in [0.1, 0.15) is 5.75 Å². The van der Waals surface area contributed by atoms with Crippen LogP contribution < -0.4 is 4.74 Å². The van der Waals surface area contributed by atoms with Crippen molar-refractivity contribution in [3.8, 4) is 16.9 Å². The number of benzene rings is 3. The molecule has 0 aliphatic carbocycles. The molecular weight excluding hydrogens is 495 g/mol. The van der Waals surface area contributed by atoms with Crippen LogP contribution in [0.5, 0.6) is 5.75 Å². The van der Waals surface area contributed by atoms with Crippen molar-refractivity contribution in [2.24, 2.45) is 0 Å². The molecule has 4 aromatic rings. The molecule has 5 nitrogen and oxygen atoms in total. The molecule has 8 heteroatoms. The van der Waals surface area contributed by atoms with Crippen molar-refractivity contribution in [3.05, 3.63) is 89.1 Å². The molecule has 0 radical (unpaired) electrons. The summed E-state index contributed by atoms with van der Waals surface area (Å²) in [5.41, 5.74) is 4.85. The molecule has 1 N–H and O–H groups in total. The largest absolute Gasteiger partial charge is 0.573 e. The minimum Gasteiger partial charge on any atom is -0.475 e. The highest BCUT2D eigenvalue weighted by molar-refractivity contribution is 6.42. The molecule has 0 unspecified atom stereocenters. The first-order chi connectivity index (χ1) is 17.8. The number of fused-ring (bicyclic) bond motifs is 1. The van der Waals surface area contributed by atoms with Gasteiger partial charge < -0.3 is 14.4 Å². The number of hydrogen-bond donors (Lipinski definition) is 1. The van der Waals surface area contributed by atoms with E-state index in [0.29, 0.717) is 40.7 Å². The van der Waals surface area contributed by atoms with Crippen LogP contribution in [-0.2, 0) is 23.2 Å². The first kappa shape index (κ1) is 27.0. The molecule has 0 bridgehead atoms. The number of rotatable bonds is 7. The molecule has 0 fully saturated rings. The van der Waals surface area contributed by atoms with Crippen molar-refractivity contribution in [2.75, 3.05) is 0 Å². The molecule has 1 heterocycles. The summed E-state index contributed by atoms with van der Waals surface area (Å²) in [4.78, 5) is 24.6. The molecule has 198 valence electrons. The van der Waals surface area contributed by atoms with Gasteiger partial charge in [0.05, 0.1) is 5.56 Å². The van der Waals surface area contributed by atoms with E-state index in [-0.39, 0.29) is 16.7 Å². The van der Waals surface area contributed by atoms with Crippen LogP contribution in [0.3, 0.4) is 0 Å². The summed E-state index contributed by atoms with van der Waals surface area (Å²) in [6.45, 7) is 8.71. The number of halogens is 3. The van der Waals surface area contributed by atoms with Gasteiger partial charge in [0.2, 0.25) is 0 Å². The van der Waals surface area contributed by atoms with E-state index in [4.69, 9.17) is 0 Å². The fraction of sp³-hybridized carbons (Fsp3) is 0.267. The van der Waals surface area contributed by atoms with Crippen LogP contribution in [0.15, 0.2) is 66.7 Å². The van der Waals surface area contributed by atoms with Gasteiger partial charge >= 0.3 is 12.3 Å². The van der Waals surface area contributed by atoms with Gasteiger partial charge in [-0.25, -0.2) is 4.79 Å². The second-order valence-corrected chi connectivity index (χ2v) is 10.1. The average Bonchev–Trinajstić information content (AvgIpc) is 3.15. The molecule has 0 amide bonds. The molecule has 0 spiro atoms. The molecule has 0 saturated carbocycles. The molecule has 0 saturated heterocycles. The maximum absolute atomic E-state index is 12.8. The Morgan fingerprint density at radius 3 is 2.03 bits per heavy atom. The third-order valence-electron chi connectivity index (χ3n) is 6.51. The molecule has 38 heavy (non-hydrogen) atoms. The fourth-order valence-electron chi connectivity index (χ4n) is 4.64. The van der Waals surface area contributed by atoms with Crippen molar-refractivity contribution in [1.82, 2.24) is 4.57 Å². The van der Waals surface area contributed by atoms with Crippen LogP contribution in [0.4, 0.5) is 13.2 Å². The highest BCUT2D eigenvalue weighted by Gasteiger charge is 2.31. The zero-order valence-corrected chi connectivity index (χ0v) is 21.5. The molecule has 1 aromatic heterocycles. The minimum absolute atomic E-state index is 0.00179. The number of Topliss-reactive ketones (excluding diaryl/α,β-unsaturated/α-hetero) is 1. The van der Waals surface area contributed by atoms with Crippen LogP contribution in [0.1, 0.15) is 54.9 Å². The topological polar surface area (TPSA) is 68.5 Å². The lowest BCUT2D eigenvalue weighted by Crippen LogP contribution is -2.16. The predicted molar refractivity (Wildman–Crippen MR) is 140 cm³/mol. The van der Waals surface area contributed by atoms with E-state index >= 15 is 0 Å². The van der Waals surface area contributed by atoms with Gasteiger partial charge in [-0.05, 0) is 58.4 Å². The van der Waals surface area contributed by atoms with Crippen LogP contribution >= 0.6 is 0 Å². The number of hydrogen-bond acceptors (Lipinski definition) is 3. The third kappa shape index (κ3) is 5.59. The highest BCUT2D eigenvalue weighted by Crippen LogP contribution is 2.34. The zero-order chi connectivity index (χ0) is 27.8. The Kier molecular flexibility index (Phi) is 7.10. The minimum atomic E-state index is -4.79. The second kappa shape index (κ2) is 10.0. The van der Waals surface area contributed by atoms with E-state index in [0.717, 1.165) is 5.56 Å². The summed E-state index contributed by atoms with van der Waals surface area (Å²) in [6, 6.07) is 18.9. The number of carboxylic acids is 1. The first-order valence-corrected chi connectivity index (χ1v) is 12.2. The van der Waals surface area contributed by atoms with Crippen molar-refractivity contribution < 1.29 is 32.6 Å². The Hall–Kier alpha value is -4.07. The number of nitrogens with zero attached hydrogens (tertiary/aromatic N) is 1. The summed E-state index contributed by atoms with van der Waals surface area (Å²) in [5, 5.41) is 10.0. The molecular formula is C30H28F3NO4. The number of ketones is 1. The predicted octanol–water partition coefficient (Wildman–Crippen LogP) is 7.38. The summed E-state index contributed by atoms with van der Waals surface area (Å²) in [7, 11) is 0. The molecule has 3 aromatic carbocycles. The number of alkyl halides is 3. The van der Waals surface area contributed by atoms with E-state index in [1.54, 1.807) is 12.1 Å². The number of aromatic nitrogens is 1. The standard InChI is InChI=1S/C30H28F3NO4/c1-5-24-26(27(35)28(36)37)23-16-20(19-8-13-22(14-9-19)38-30(31,32)33)10-15-25(23)34(24)17-18-6-11-21(12-7-18)29(2,3)4/h6-16H,5,17H2,1-4H3,(H,36,37). The van der Waals surface area contributed by atoms with Crippen LogP contribution in [-0.4, -0.2) is 27.8 Å². The Labute approximate surface area is 218 Å². The smallest absolute Gasteiger partial charge is 0.475 e. The van der Waals surface area contributed by atoms with Gasteiger partial charge in [-0.3, -0.25) is 4.79 Å². The Morgan fingerprint density at radius 2 is 1.50 bits per heavy atom. The van der Waals surface area contributed by atoms with Gasteiger partial charge in [0.25, 0.3) is 5.78 Å². The Morgan fingerprint density at radius 1 is 0.895 bits per heavy atom. The normalized spacial score (nSPS) is 12.1. The lowest BCUT2D eigenvalue weighted by Gasteiger charge is -2.19. The van der Waals surface area contributed by atoms with Gasteiger partial charge in [0, 0.05) is 23.1 Å². The van der Waals surface area contributed by atoms with Gasteiger partial charge in [-0.15, -0.1) is 13.2 Å². The van der Waals surface area contributed by atoms with E-state index in [1.165, 1.54) is 29.8 Å². The second-order valence-electron chi connectivity index (χ2n) is 10.1. The highest BCUT2D eigenvalue weighted by atomic mass is 19.4. The summed E-state index contributed by atoms with van der Waals surface area (Å²) in [5.74, 6) is -2.90. The van der Waals surface area contributed by atoms with Crippen molar-refractivity contribution in [3.63, 3.8) is 0 Å². The third-order valence-corrected chi connectivity index (χ3v) is 6.51. The maximum atomic E-state index is 12.8. The zero-order valence-electron chi connectivity index (χ0n) is 21.5. The Bertz CT molecular complexity index is 1490. The average molecular weight is 524 g/mol. The van der Waals surface area contributed by atoms with Crippen molar-refractivity contribution in [1.29, 1.82) is 0 Å². The van der Waals surface area contributed by atoms with E-state index in [9.17, 15) is 27.9 Å². The lowest BCUT2D eigenvalue weighted by molar-refractivity contribution is -0.274. The van der Waals surface area contributed by atoms with Crippen molar-refractivity contribution in [2.45, 2.75) is 52.4 Å². The first-order valence-electron chi connectivity index (χ1n) is 12.2. The summed E-state index contributed by atoms with van der Waals surface area (Å²) < 4.78 is 43.5. The number of ether oxygens (including phenoxy) is 1. The SMILES string of the molecule is CCc1c(C(=O)C(=O)O)c2cc(-c3ccc(OC(F)(F)F)cc3)ccc2n1Cc1ccc(C(C)(C)C)cc1. The summed E-state index contributed by atoms with van der Waals surface area (Å²) >= 11 is 0. The quantitative estimate of drug-likeness (QED) is 0.203. The molecule has 0 aliphatic rings. The van der Waals surface area contributed by atoms with Crippen molar-refractivity contribution >= 4 is 22.7 Å².